The smallest absolute Gasteiger partial charge is 0.399 e. The highest BCUT2D eigenvalue weighted by Gasteiger charge is 2.30. The Morgan fingerprint density at radius 2 is 1.73 bits per heavy atom. The first-order valence-corrected chi connectivity index (χ1v) is 9.18. The fourth-order valence-electron chi connectivity index (χ4n) is 2.31. The monoisotopic (exact) mass is 427 g/mol. The largest absolute Gasteiger partial charge is 0.416 e. The van der Waals surface area contributed by atoms with E-state index in [0.29, 0.717) is 12.2 Å². The Kier molecular flexibility index (Phi) is 13.6. The molecule has 0 radical (unpaired) electrons. The number of carbonyl (C=O) groups is 1. The number of aryl methyl sites for hydroxylation is 1. The summed E-state index contributed by atoms with van der Waals surface area (Å²) in [4.78, 5) is 23.1. The molecule has 0 atom stereocenters. The molecule has 0 aliphatic rings. The van der Waals surface area contributed by atoms with E-state index in [-0.39, 0.29) is 0 Å². The Labute approximate surface area is 175 Å². The molecule has 0 unspecified atom stereocenters. The van der Waals surface area contributed by atoms with Gasteiger partial charge in [0.2, 0.25) is 0 Å². The van der Waals surface area contributed by atoms with Gasteiger partial charge >= 0.3 is 6.18 Å². The van der Waals surface area contributed by atoms with Gasteiger partial charge in [-0.2, -0.15) is 18.1 Å². The van der Waals surface area contributed by atoms with Crippen LogP contribution in [-0.2, 0) is 27.1 Å². The van der Waals surface area contributed by atoms with Gasteiger partial charge in [0.25, 0.3) is 0 Å². The first-order valence-electron chi connectivity index (χ1n) is 9.18. The van der Waals surface area contributed by atoms with Crippen molar-refractivity contribution < 1.29 is 32.6 Å². The van der Waals surface area contributed by atoms with Gasteiger partial charge in [-0.25, -0.2) is 0 Å². The number of hydrogen-bond acceptors (Lipinski definition) is 5. The number of nitrogens with zero attached hydrogens (tertiary/aromatic N) is 1. The molecule has 2 rings (SSSR count). The second kappa shape index (κ2) is 15.0. The number of benzene rings is 2. The number of alkyl halides is 3. The van der Waals surface area contributed by atoms with E-state index in [4.69, 9.17) is 9.68 Å². The third-order valence-electron chi connectivity index (χ3n) is 3.47. The molecular weight excluding hydrogens is 399 g/mol. The topological polar surface area (TPSA) is 57.1 Å². The lowest BCUT2D eigenvalue weighted by Gasteiger charge is -2.07. The minimum absolute atomic E-state index is 0.557. The summed E-state index contributed by atoms with van der Waals surface area (Å²) < 4.78 is 36.6. The number of halogens is 3. The Balaban J connectivity index is 0.000000497. The fourth-order valence-corrected chi connectivity index (χ4v) is 2.31. The van der Waals surface area contributed by atoms with E-state index < -0.39 is 11.7 Å². The van der Waals surface area contributed by atoms with Gasteiger partial charge in [-0.05, 0) is 44.0 Å². The molecule has 0 heterocycles. The van der Waals surface area contributed by atoms with E-state index in [9.17, 15) is 13.2 Å². The Bertz CT molecular complexity index is 777. The van der Waals surface area contributed by atoms with E-state index in [0.717, 1.165) is 35.6 Å². The number of oxime groups is 1. The van der Waals surface area contributed by atoms with Crippen LogP contribution in [-0.4, -0.2) is 26.2 Å². The summed E-state index contributed by atoms with van der Waals surface area (Å²) in [6.45, 7) is 5.22. The van der Waals surface area contributed by atoms with Gasteiger partial charge in [0, 0.05) is 5.56 Å². The van der Waals surface area contributed by atoms with E-state index in [1.807, 2.05) is 32.0 Å². The maximum absolute atomic E-state index is 12.2. The molecule has 0 aliphatic carbocycles. The van der Waals surface area contributed by atoms with Crippen LogP contribution in [0.5, 0.6) is 5.75 Å². The van der Waals surface area contributed by atoms with Crippen molar-refractivity contribution in [1.29, 1.82) is 0 Å². The molecule has 0 amide bonds. The van der Waals surface area contributed by atoms with Gasteiger partial charge in [0.1, 0.15) is 13.4 Å². The molecule has 0 aliphatic heterocycles. The fraction of sp³-hybridized carbons (Fsp3) is 0.364. The molecule has 0 fully saturated rings. The molecular formula is C22H28F3NO4. The van der Waals surface area contributed by atoms with Crippen molar-refractivity contribution in [2.45, 2.75) is 39.8 Å². The van der Waals surface area contributed by atoms with Gasteiger partial charge in [-0.15, -0.1) is 0 Å². The molecule has 30 heavy (non-hydrogen) atoms. The number of aldehydes is 1. The summed E-state index contributed by atoms with van der Waals surface area (Å²) in [5.74, 6) is 0.619. The average Bonchev–Trinajstić information content (AvgIpc) is 2.70. The second-order valence-electron chi connectivity index (χ2n) is 5.79. The van der Waals surface area contributed by atoms with Crippen molar-refractivity contribution in [3.05, 3.63) is 65.2 Å². The second-order valence-corrected chi connectivity index (χ2v) is 5.79. The predicted octanol–water partition coefficient (Wildman–Crippen LogP) is 5.86. The number of para-hydroxylation sites is 1. The summed E-state index contributed by atoms with van der Waals surface area (Å²) in [6, 6.07) is 12.9. The number of hydrogen-bond donors (Lipinski definition) is 0. The predicted molar refractivity (Wildman–Crippen MR) is 110 cm³/mol. The van der Waals surface area contributed by atoms with Crippen molar-refractivity contribution in [1.82, 2.24) is 0 Å². The van der Waals surface area contributed by atoms with Crippen molar-refractivity contribution in [2.24, 2.45) is 5.16 Å². The lowest BCUT2D eigenvalue weighted by atomic mass is 10.1. The zero-order valence-electron chi connectivity index (χ0n) is 17.8. The molecule has 0 N–H and O–H groups in total. The highest BCUT2D eigenvalue weighted by Crippen LogP contribution is 2.29. The van der Waals surface area contributed by atoms with E-state index >= 15 is 0 Å². The maximum atomic E-state index is 12.2. The summed E-state index contributed by atoms with van der Waals surface area (Å²) in [5, 5.41) is 3.82. The summed E-state index contributed by atoms with van der Waals surface area (Å²) in [6.07, 6.45) is -1.91. The zero-order chi connectivity index (χ0) is 23.0. The molecule has 8 heteroatoms. The highest BCUT2D eigenvalue weighted by atomic mass is 19.4. The van der Waals surface area contributed by atoms with Crippen LogP contribution >= 0.6 is 0 Å². The molecule has 2 aromatic rings. The van der Waals surface area contributed by atoms with Crippen molar-refractivity contribution in [3.63, 3.8) is 0 Å². The lowest BCUT2D eigenvalue weighted by Crippen LogP contribution is -2.05. The van der Waals surface area contributed by atoms with Crippen LogP contribution < -0.4 is 4.89 Å². The van der Waals surface area contributed by atoms with Gasteiger partial charge < -0.3 is 14.5 Å². The van der Waals surface area contributed by atoms with Crippen LogP contribution in [0, 0.1) is 0 Å². The minimum Gasteiger partial charge on any atom is -0.399 e. The van der Waals surface area contributed by atoms with E-state index in [1.165, 1.54) is 33.3 Å². The summed E-state index contributed by atoms with van der Waals surface area (Å²) in [7, 11) is 2.96. The minimum atomic E-state index is -4.22. The molecule has 0 aromatic heterocycles. The Morgan fingerprint density at radius 3 is 2.27 bits per heavy atom. The molecule has 0 bridgehead atoms. The summed E-state index contributed by atoms with van der Waals surface area (Å²) >= 11 is 0. The number of carbonyl (C=O) groups excluding carboxylic acids is 1. The van der Waals surface area contributed by atoms with Crippen molar-refractivity contribution in [3.8, 4) is 5.75 Å². The van der Waals surface area contributed by atoms with Gasteiger partial charge in [0.05, 0.1) is 18.4 Å². The van der Waals surface area contributed by atoms with Crippen LogP contribution in [0.3, 0.4) is 0 Å². The van der Waals surface area contributed by atoms with Crippen molar-refractivity contribution >= 4 is 12.0 Å². The van der Waals surface area contributed by atoms with Crippen LogP contribution in [0.1, 0.15) is 43.9 Å². The maximum Gasteiger partial charge on any atom is 0.416 e. The third-order valence-corrected chi connectivity index (χ3v) is 3.47. The SMILES string of the molecule is CC=O.CCCc1cccc(C(F)(F)F)c1.CO/N=C(\C)c1ccccc1OOC. The summed E-state index contributed by atoms with van der Waals surface area (Å²) in [5.41, 5.74) is 1.77. The quantitative estimate of drug-likeness (QED) is 0.251. The Morgan fingerprint density at radius 1 is 1.10 bits per heavy atom. The van der Waals surface area contributed by atoms with Crippen LogP contribution in [0.15, 0.2) is 53.7 Å². The highest BCUT2D eigenvalue weighted by molar-refractivity contribution is 6.00. The molecule has 0 saturated carbocycles. The van der Waals surface area contributed by atoms with Crippen LogP contribution in [0.4, 0.5) is 13.2 Å². The van der Waals surface area contributed by atoms with Gasteiger partial charge in [-0.1, -0.05) is 48.8 Å². The molecule has 0 saturated heterocycles. The molecule has 2 aromatic carbocycles. The molecule has 166 valence electrons. The average molecular weight is 427 g/mol. The lowest BCUT2D eigenvalue weighted by molar-refractivity contribution is -0.178. The zero-order valence-corrected chi connectivity index (χ0v) is 17.8. The molecule has 0 spiro atoms. The molecule has 5 nitrogen and oxygen atoms in total. The van der Waals surface area contributed by atoms with Crippen LogP contribution in [0.2, 0.25) is 0 Å². The first-order chi connectivity index (χ1) is 14.2. The van der Waals surface area contributed by atoms with Crippen LogP contribution in [0.25, 0.3) is 0 Å². The number of rotatable bonds is 6. The normalized spacial score (nSPS) is 10.7. The van der Waals surface area contributed by atoms with E-state index in [2.05, 4.69) is 14.9 Å². The standard InChI is InChI=1S/C10H11F3.C10H13NO3.C2H4O/c1-2-4-8-5-3-6-9(7-8)10(11,12)13;1-8(11-12-2)9-6-4-5-7-10(9)14-13-3;1-2-3/h3,5-7H,2,4H2,1H3;4-7H,1-3H3;2H,1H3/b;11-8+;. The Hall–Kier alpha value is -2.87. The third kappa shape index (κ3) is 10.6. The van der Waals surface area contributed by atoms with Crippen molar-refractivity contribution in [2.75, 3.05) is 14.2 Å². The van der Waals surface area contributed by atoms with E-state index in [1.54, 1.807) is 12.1 Å². The van der Waals surface area contributed by atoms with Gasteiger partial charge in [-0.3, -0.25) is 0 Å². The van der Waals surface area contributed by atoms with Gasteiger partial charge in [0.15, 0.2) is 5.75 Å². The first kappa shape index (κ1) is 27.1.